The summed E-state index contributed by atoms with van der Waals surface area (Å²) in [7, 11) is -4.00. The number of hydrogen-bond acceptors (Lipinski definition) is 6. The van der Waals surface area contributed by atoms with Crippen molar-refractivity contribution in [1.82, 2.24) is 15.3 Å². The van der Waals surface area contributed by atoms with E-state index in [9.17, 15) is 13.2 Å². The molecule has 8 nitrogen and oxygen atoms in total. The van der Waals surface area contributed by atoms with Gasteiger partial charge in [0.25, 0.3) is 15.9 Å². The fraction of sp³-hybridized carbons (Fsp3) is 0.560. The van der Waals surface area contributed by atoms with Gasteiger partial charge in [0.05, 0.1) is 16.6 Å². The molecule has 0 spiro atoms. The Kier molecular flexibility index (Phi) is 6.85. The molecule has 1 fully saturated rings. The fourth-order valence-corrected chi connectivity index (χ4v) is 5.95. The number of sulfonamides is 1. The number of fused-ring (bicyclic) bond motifs is 4. The third-order valence-corrected chi connectivity index (χ3v) is 8.07. The van der Waals surface area contributed by atoms with Gasteiger partial charge >= 0.3 is 0 Å². The number of nitrogens with zero attached hydrogens (tertiary/aromatic N) is 2. The molecular weight excluding hydrogens is 452 g/mol. The van der Waals surface area contributed by atoms with Gasteiger partial charge in [0.1, 0.15) is 6.61 Å². The van der Waals surface area contributed by atoms with Crippen molar-refractivity contribution < 1.29 is 17.9 Å². The number of amides is 1. The molecule has 1 unspecified atom stereocenters. The topological polar surface area (TPSA) is 110 Å². The van der Waals surface area contributed by atoms with Crippen molar-refractivity contribution in [3.05, 3.63) is 41.6 Å². The largest absolute Gasteiger partial charge is 0.475 e. The Bertz CT molecular complexity index is 1160. The molecule has 2 aliphatic rings. The number of anilines is 1. The molecule has 184 valence electrons. The summed E-state index contributed by atoms with van der Waals surface area (Å²) in [5.41, 5.74) is 1.08. The molecule has 0 radical (unpaired) electrons. The van der Waals surface area contributed by atoms with Crippen LogP contribution < -0.4 is 14.8 Å². The van der Waals surface area contributed by atoms with Gasteiger partial charge in [-0.25, -0.2) is 18.1 Å². The second-order valence-electron chi connectivity index (χ2n) is 10.5. The van der Waals surface area contributed by atoms with E-state index in [2.05, 4.69) is 47.7 Å². The van der Waals surface area contributed by atoms with E-state index in [1.54, 1.807) is 12.1 Å². The van der Waals surface area contributed by atoms with Crippen molar-refractivity contribution in [3.8, 4) is 5.88 Å². The van der Waals surface area contributed by atoms with E-state index < -0.39 is 10.0 Å². The number of ether oxygens (including phenoxy) is 1. The first-order chi connectivity index (χ1) is 16.0. The van der Waals surface area contributed by atoms with Crippen molar-refractivity contribution in [2.24, 2.45) is 11.3 Å². The first kappa shape index (κ1) is 24.4. The van der Waals surface area contributed by atoms with E-state index in [4.69, 9.17) is 4.74 Å². The van der Waals surface area contributed by atoms with Crippen LogP contribution in [-0.2, 0) is 10.0 Å². The number of aromatic nitrogens is 2. The predicted molar refractivity (Wildman–Crippen MR) is 130 cm³/mol. The van der Waals surface area contributed by atoms with Gasteiger partial charge in [-0.05, 0) is 48.8 Å². The van der Waals surface area contributed by atoms with Crippen molar-refractivity contribution in [2.45, 2.75) is 76.7 Å². The van der Waals surface area contributed by atoms with Gasteiger partial charge in [0, 0.05) is 17.5 Å². The summed E-state index contributed by atoms with van der Waals surface area (Å²) in [4.78, 5) is 21.9. The van der Waals surface area contributed by atoms with Crippen LogP contribution in [0.2, 0.25) is 0 Å². The summed E-state index contributed by atoms with van der Waals surface area (Å²) < 4.78 is 34.8. The third-order valence-electron chi connectivity index (χ3n) is 6.74. The highest BCUT2D eigenvalue weighted by Crippen LogP contribution is 2.46. The Morgan fingerprint density at radius 2 is 1.97 bits per heavy atom. The monoisotopic (exact) mass is 486 g/mol. The minimum atomic E-state index is -4.00. The number of rotatable bonds is 3. The second-order valence-corrected chi connectivity index (χ2v) is 12.2. The molecule has 34 heavy (non-hydrogen) atoms. The lowest BCUT2D eigenvalue weighted by Gasteiger charge is -2.38. The van der Waals surface area contributed by atoms with Gasteiger partial charge in [0.15, 0.2) is 0 Å². The van der Waals surface area contributed by atoms with Gasteiger partial charge in [-0.3, -0.25) is 4.79 Å². The second kappa shape index (κ2) is 9.52. The summed E-state index contributed by atoms with van der Waals surface area (Å²) >= 11 is 0. The Morgan fingerprint density at radius 1 is 1.18 bits per heavy atom. The van der Waals surface area contributed by atoms with E-state index in [-0.39, 0.29) is 46.3 Å². The molecule has 1 amide bonds. The van der Waals surface area contributed by atoms with Gasteiger partial charge in [0.2, 0.25) is 11.8 Å². The SMILES string of the molecule is CC(C)C[C@@H]1COc2cc(C3CCCCC3(C)C)nc(n2)NS(=O)(=O)c2cccc(c2)C(=O)N1. The molecule has 1 aliphatic carbocycles. The first-order valence-corrected chi connectivity index (χ1v) is 13.5. The van der Waals surface area contributed by atoms with Crippen LogP contribution in [0.4, 0.5) is 5.95 Å². The number of hydrogen-bond donors (Lipinski definition) is 2. The van der Waals surface area contributed by atoms with Crippen molar-refractivity contribution in [2.75, 3.05) is 11.3 Å². The van der Waals surface area contributed by atoms with Gasteiger partial charge in [-0.2, -0.15) is 4.98 Å². The Balaban J connectivity index is 1.79. The van der Waals surface area contributed by atoms with Gasteiger partial charge < -0.3 is 10.1 Å². The maximum atomic E-state index is 13.1. The molecule has 1 saturated carbocycles. The highest BCUT2D eigenvalue weighted by atomic mass is 32.2. The molecule has 1 aromatic carbocycles. The summed E-state index contributed by atoms with van der Waals surface area (Å²) in [6.07, 6.45) is 5.04. The number of carbonyl (C=O) groups excluding carboxylic acids is 1. The maximum absolute atomic E-state index is 13.1. The molecule has 1 aliphatic heterocycles. The van der Waals surface area contributed by atoms with Crippen LogP contribution >= 0.6 is 0 Å². The standard InChI is InChI=1S/C25H34N4O4S/c1-16(2)12-18-15-33-22-14-21(20-10-5-6-11-25(20,3)4)27-24(28-22)29-34(31,32)19-9-7-8-17(13-19)23(30)26-18/h7-9,13-14,16,18,20H,5-6,10-12,15H2,1-4H3,(H,26,30)(H,27,28,29)/t18-,20?/m1/s1. The third kappa shape index (κ3) is 5.51. The van der Waals surface area contributed by atoms with Crippen LogP contribution in [0.1, 0.15) is 81.8 Å². The maximum Gasteiger partial charge on any atom is 0.264 e. The van der Waals surface area contributed by atoms with Crippen LogP contribution in [0.5, 0.6) is 5.88 Å². The Morgan fingerprint density at radius 3 is 2.71 bits per heavy atom. The fourth-order valence-electron chi connectivity index (χ4n) is 4.96. The quantitative estimate of drug-likeness (QED) is 0.661. The van der Waals surface area contributed by atoms with Crippen LogP contribution in [0.25, 0.3) is 0 Å². The molecule has 1 aromatic heterocycles. The summed E-state index contributed by atoms with van der Waals surface area (Å²) in [6.45, 7) is 8.84. The highest BCUT2D eigenvalue weighted by molar-refractivity contribution is 7.92. The Hall–Kier alpha value is -2.68. The molecule has 4 bridgehead atoms. The molecule has 2 heterocycles. The van der Waals surface area contributed by atoms with E-state index in [1.165, 1.54) is 18.6 Å². The first-order valence-electron chi connectivity index (χ1n) is 12.0. The van der Waals surface area contributed by atoms with Crippen molar-refractivity contribution >= 4 is 21.9 Å². The molecule has 4 rings (SSSR count). The molecule has 2 aromatic rings. The minimum absolute atomic E-state index is 0.0155. The number of carbonyl (C=O) groups is 1. The molecule has 0 saturated heterocycles. The highest BCUT2D eigenvalue weighted by Gasteiger charge is 2.35. The zero-order chi connectivity index (χ0) is 24.5. The van der Waals surface area contributed by atoms with Crippen molar-refractivity contribution in [1.29, 1.82) is 0 Å². The average Bonchev–Trinajstić information content (AvgIpc) is 2.76. The van der Waals surface area contributed by atoms with Gasteiger partial charge in [-0.15, -0.1) is 0 Å². The molecule has 9 heteroatoms. The van der Waals surface area contributed by atoms with Crippen LogP contribution in [0.15, 0.2) is 35.2 Å². The smallest absolute Gasteiger partial charge is 0.264 e. The zero-order valence-electron chi connectivity index (χ0n) is 20.3. The lowest BCUT2D eigenvalue weighted by Crippen LogP contribution is -2.40. The van der Waals surface area contributed by atoms with E-state index in [0.717, 1.165) is 25.0 Å². The zero-order valence-corrected chi connectivity index (χ0v) is 21.1. The lowest BCUT2D eigenvalue weighted by molar-refractivity contribution is 0.0913. The minimum Gasteiger partial charge on any atom is -0.475 e. The lowest BCUT2D eigenvalue weighted by atomic mass is 9.67. The summed E-state index contributed by atoms with van der Waals surface area (Å²) in [5, 5.41) is 3.00. The van der Waals surface area contributed by atoms with E-state index in [1.807, 2.05) is 6.07 Å². The molecule has 2 N–H and O–H groups in total. The van der Waals surface area contributed by atoms with Crippen LogP contribution in [0, 0.1) is 11.3 Å². The predicted octanol–water partition coefficient (Wildman–Crippen LogP) is 4.50. The van der Waals surface area contributed by atoms with E-state index >= 15 is 0 Å². The van der Waals surface area contributed by atoms with Crippen LogP contribution in [0.3, 0.4) is 0 Å². The van der Waals surface area contributed by atoms with Crippen molar-refractivity contribution in [3.63, 3.8) is 0 Å². The molecule has 2 atom stereocenters. The van der Waals surface area contributed by atoms with E-state index in [0.29, 0.717) is 18.2 Å². The number of benzene rings is 1. The normalized spacial score (nSPS) is 24.0. The summed E-state index contributed by atoms with van der Waals surface area (Å²) in [6, 6.07) is 7.55. The average molecular weight is 487 g/mol. The van der Waals surface area contributed by atoms with Crippen LogP contribution in [-0.4, -0.2) is 36.9 Å². The van der Waals surface area contributed by atoms with Gasteiger partial charge in [-0.1, -0.05) is 46.6 Å². The summed E-state index contributed by atoms with van der Waals surface area (Å²) in [5.74, 6) is 0.446. The molecular formula is C25H34N4O4S. The number of nitrogens with one attached hydrogen (secondary N) is 2. The Labute approximate surface area is 202 Å².